The van der Waals surface area contributed by atoms with E-state index < -0.39 is 6.10 Å². The number of likely N-dealkylation sites (N-methyl/N-ethyl adjacent to an activating group) is 1. The van der Waals surface area contributed by atoms with Gasteiger partial charge in [0.25, 0.3) is 0 Å². The van der Waals surface area contributed by atoms with Crippen LogP contribution in [0.2, 0.25) is 0 Å². The van der Waals surface area contributed by atoms with Crippen LogP contribution in [0.5, 0.6) is 11.5 Å². The molecule has 0 aliphatic carbocycles. The minimum atomic E-state index is -0.617. The number of para-hydroxylation sites is 1. The van der Waals surface area contributed by atoms with E-state index in [2.05, 4.69) is 5.32 Å². The fraction of sp³-hybridized carbons (Fsp3) is 0.600. The van der Waals surface area contributed by atoms with Gasteiger partial charge in [-0.05, 0) is 13.1 Å². The first-order valence-electron chi connectivity index (χ1n) is 7.00. The Bertz CT molecular complexity index is 418. The third-order valence-electron chi connectivity index (χ3n) is 3.43. The lowest BCUT2D eigenvalue weighted by Crippen LogP contribution is -2.26. The molecular formula is C15H23NO4. The summed E-state index contributed by atoms with van der Waals surface area (Å²) in [6.45, 7) is 1.93. The Balaban J connectivity index is 2.17. The van der Waals surface area contributed by atoms with Crippen LogP contribution in [0.4, 0.5) is 0 Å². The molecule has 1 unspecified atom stereocenters. The number of aliphatic hydroxyl groups excluding tert-OH is 1. The molecule has 5 nitrogen and oxygen atoms in total. The van der Waals surface area contributed by atoms with E-state index in [0.29, 0.717) is 18.0 Å². The molecule has 1 saturated heterocycles. The van der Waals surface area contributed by atoms with Crippen molar-refractivity contribution in [3.05, 3.63) is 23.8 Å². The SMILES string of the molecule is CNCC(O)c1cccc(OC2CCOCC2)c1OC. The zero-order valence-electron chi connectivity index (χ0n) is 12.1. The van der Waals surface area contributed by atoms with Gasteiger partial charge in [0.1, 0.15) is 6.10 Å². The molecule has 0 bridgehead atoms. The molecule has 1 atom stereocenters. The zero-order valence-corrected chi connectivity index (χ0v) is 12.1. The largest absolute Gasteiger partial charge is 0.492 e. The van der Waals surface area contributed by atoms with Crippen molar-refractivity contribution in [2.24, 2.45) is 0 Å². The number of hydrogen-bond donors (Lipinski definition) is 2. The summed E-state index contributed by atoms with van der Waals surface area (Å²) in [6.07, 6.45) is 1.29. The Kier molecular flexibility index (Phi) is 5.64. The molecule has 0 aromatic heterocycles. The van der Waals surface area contributed by atoms with E-state index in [1.165, 1.54) is 0 Å². The minimum Gasteiger partial charge on any atom is -0.492 e. The molecule has 112 valence electrons. The molecule has 0 radical (unpaired) electrons. The monoisotopic (exact) mass is 281 g/mol. The minimum absolute atomic E-state index is 0.148. The summed E-state index contributed by atoms with van der Waals surface area (Å²) in [4.78, 5) is 0. The second kappa shape index (κ2) is 7.47. The highest BCUT2D eigenvalue weighted by Gasteiger charge is 2.21. The molecule has 0 spiro atoms. The molecule has 1 aliphatic rings. The van der Waals surface area contributed by atoms with E-state index in [4.69, 9.17) is 14.2 Å². The van der Waals surface area contributed by atoms with Crippen molar-refractivity contribution in [3.8, 4) is 11.5 Å². The van der Waals surface area contributed by atoms with Crippen molar-refractivity contribution in [1.29, 1.82) is 0 Å². The van der Waals surface area contributed by atoms with Crippen LogP contribution < -0.4 is 14.8 Å². The van der Waals surface area contributed by atoms with Crippen molar-refractivity contribution in [3.63, 3.8) is 0 Å². The maximum Gasteiger partial charge on any atom is 0.166 e. The van der Waals surface area contributed by atoms with E-state index in [0.717, 1.165) is 31.6 Å². The van der Waals surface area contributed by atoms with Crippen LogP contribution in [0.1, 0.15) is 24.5 Å². The van der Waals surface area contributed by atoms with Crippen molar-refractivity contribution >= 4 is 0 Å². The first-order chi connectivity index (χ1) is 9.76. The predicted octanol–water partition coefficient (Wildman–Crippen LogP) is 1.51. The van der Waals surface area contributed by atoms with Crippen LogP contribution in [0.15, 0.2) is 18.2 Å². The van der Waals surface area contributed by atoms with Gasteiger partial charge in [-0.2, -0.15) is 0 Å². The van der Waals surface area contributed by atoms with Gasteiger partial charge in [0, 0.05) is 24.9 Å². The number of ether oxygens (including phenoxy) is 3. The fourth-order valence-corrected chi connectivity index (χ4v) is 2.38. The summed E-state index contributed by atoms with van der Waals surface area (Å²) in [7, 11) is 3.40. The molecular weight excluding hydrogens is 258 g/mol. The molecule has 2 N–H and O–H groups in total. The summed E-state index contributed by atoms with van der Waals surface area (Å²) in [5, 5.41) is 13.1. The van der Waals surface area contributed by atoms with E-state index in [1.807, 2.05) is 18.2 Å². The Morgan fingerprint density at radius 3 is 2.80 bits per heavy atom. The van der Waals surface area contributed by atoms with Crippen molar-refractivity contribution in [2.75, 3.05) is 33.9 Å². The lowest BCUT2D eigenvalue weighted by molar-refractivity contribution is 0.0243. The molecule has 1 fully saturated rings. The van der Waals surface area contributed by atoms with Gasteiger partial charge < -0.3 is 24.6 Å². The lowest BCUT2D eigenvalue weighted by atomic mass is 10.1. The topological polar surface area (TPSA) is 60.0 Å². The van der Waals surface area contributed by atoms with Gasteiger partial charge in [-0.15, -0.1) is 0 Å². The number of benzene rings is 1. The summed E-state index contributed by atoms with van der Waals surface area (Å²) >= 11 is 0. The van der Waals surface area contributed by atoms with E-state index in [9.17, 15) is 5.11 Å². The van der Waals surface area contributed by atoms with Crippen LogP contribution in [-0.2, 0) is 4.74 Å². The highest BCUT2D eigenvalue weighted by Crippen LogP contribution is 2.36. The number of nitrogens with one attached hydrogen (secondary N) is 1. The van der Waals surface area contributed by atoms with Crippen LogP contribution in [-0.4, -0.2) is 45.1 Å². The van der Waals surface area contributed by atoms with Gasteiger partial charge in [0.05, 0.1) is 26.4 Å². The Morgan fingerprint density at radius 2 is 2.15 bits per heavy atom. The van der Waals surface area contributed by atoms with Gasteiger partial charge in [-0.1, -0.05) is 12.1 Å². The average molecular weight is 281 g/mol. The number of aliphatic hydroxyl groups is 1. The molecule has 1 heterocycles. The Labute approximate surface area is 119 Å². The van der Waals surface area contributed by atoms with Crippen molar-refractivity contribution in [1.82, 2.24) is 5.32 Å². The highest BCUT2D eigenvalue weighted by atomic mass is 16.5. The first-order valence-corrected chi connectivity index (χ1v) is 7.00. The first kappa shape index (κ1) is 15.1. The smallest absolute Gasteiger partial charge is 0.166 e. The molecule has 20 heavy (non-hydrogen) atoms. The second-order valence-electron chi connectivity index (χ2n) is 4.88. The Hall–Kier alpha value is -1.30. The highest BCUT2D eigenvalue weighted by molar-refractivity contribution is 5.47. The van der Waals surface area contributed by atoms with Crippen LogP contribution in [0.3, 0.4) is 0 Å². The van der Waals surface area contributed by atoms with E-state index in [-0.39, 0.29) is 6.10 Å². The summed E-state index contributed by atoms with van der Waals surface area (Å²) in [6, 6.07) is 5.62. The maximum atomic E-state index is 10.1. The van der Waals surface area contributed by atoms with Crippen LogP contribution >= 0.6 is 0 Å². The van der Waals surface area contributed by atoms with E-state index >= 15 is 0 Å². The number of hydrogen-bond acceptors (Lipinski definition) is 5. The third kappa shape index (κ3) is 3.62. The van der Waals surface area contributed by atoms with Crippen LogP contribution in [0.25, 0.3) is 0 Å². The number of methoxy groups -OCH3 is 1. The normalized spacial score (nSPS) is 17.8. The van der Waals surface area contributed by atoms with Gasteiger partial charge in [0.2, 0.25) is 0 Å². The van der Waals surface area contributed by atoms with Crippen molar-refractivity contribution in [2.45, 2.75) is 25.0 Å². The van der Waals surface area contributed by atoms with Gasteiger partial charge in [0.15, 0.2) is 11.5 Å². The molecule has 1 aromatic rings. The average Bonchev–Trinajstić information content (AvgIpc) is 2.48. The molecule has 0 saturated carbocycles. The standard InChI is InChI=1S/C15H23NO4/c1-16-10-13(17)12-4-3-5-14(15(12)18-2)20-11-6-8-19-9-7-11/h3-5,11,13,16-17H,6-10H2,1-2H3. The van der Waals surface area contributed by atoms with Crippen molar-refractivity contribution < 1.29 is 19.3 Å². The summed E-state index contributed by atoms with van der Waals surface area (Å²) in [5.74, 6) is 1.30. The van der Waals surface area contributed by atoms with Gasteiger partial charge in [-0.3, -0.25) is 0 Å². The number of rotatable bonds is 6. The van der Waals surface area contributed by atoms with Crippen LogP contribution in [0, 0.1) is 0 Å². The zero-order chi connectivity index (χ0) is 14.4. The maximum absolute atomic E-state index is 10.1. The molecule has 5 heteroatoms. The Morgan fingerprint density at radius 1 is 1.40 bits per heavy atom. The van der Waals surface area contributed by atoms with E-state index in [1.54, 1.807) is 14.2 Å². The molecule has 2 rings (SSSR count). The summed E-state index contributed by atoms with van der Waals surface area (Å²) < 4.78 is 16.8. The quantitative estimate of drug-likeness (QED) is 0.827. The lowest BCUT2D eigenvalue weighted by Gasteiger charge is -2.25. The molecule has 1 aliphatic heterocycles. The predicted molar refractivity (Wildman–Crippen MR) is 76.3 cm³/mol. The van der Waals surface area contributed by atoms with Gasteiger partial charge in [-0.25, -0.2) is 0 Å². The third-order valence-corrected chi connectivity index (χ3v) is 3.43. The fourth-order valence-electron chi connectivity index (χ4n) is 2.38. The second-order valence-corrected chi connectivity index (χ2v) is 4.88. The molecule has 1 aromatic carbocycles. The van der Waals surface area contributed by atoms with Gasteiger partial charge >= 0.3 is 0 Å². The summed E-state index contributed by atoms with van der Waals surface area (Å²) in [5.41, 5.74) is 0.742. The molecule has 0 amide bonds.